The Labute approximate surface area is 151 Å². The highest BCUT2D eigenvalue weighted by molar-refractivity contribution is 7.87. The van der Waals surface area contributed by atoms with E-state index in [0.717, 1.165) is 0 Å². The fourth-order valence-corrected chi connectivity index (χ4v) is 3.12. The molecule has 0 amide bonds. The summed E-state index contributed by atoms with van der Waals surface area (Å²) >= 11 is 11.7. The number of nitriles is 1. The Morgan fingerprint density at radius 1 is 1.36 bits per heavy atom. The molecule has 2 rings (SSSR count). The summed E-state index contributed by atoms with van der Waals surface area (Å²) < 4.78 is 69.7. The molecule has 136 valence electrons. The zero-order chi connectivity index (χ0) is 18.8. The zero-order valence-corrected chi connectivity index (χ0v) is 14.7. The standard InChI is InChI=1S/C14H10Cl2F3NO4S/c15-4-5-23-13-8(7-20)6-10-9(12(13)16)2-1-3-11(10)24-25(21,22)14(17,18)19/h3,6H,1-2,4-5H2. The van der Waals surface area contributed by atoms with E-state index in [1.54, 1.807) is 6.07 Å². The van der Waals surface area contributed by atoms with Crippen LogP contribution in [0.25, 0.3) is 5.76 Å². The average Bonchev–Trinajstić information content (AvgIpc) is 2.53. The third kappa shape index (κ3) is 3.97. The fraction of sp³-hybridized carbons (Fsp3) is 0.357. The number of benzene rings is 1. The lowest BCUT2D eigenvalue weighted by Crippen LogP contribution is -2.25. The van der Waals surface area contributed by atoms with E-state index in [1.807, 2.05) is 0 Å². The van der Waals surface area contributed by atoms with Crippen LogP contribution in [0.15, 0.2) is 12.1 Å². The molecule has 1 aliphatic rings. The minimum absolute atomic E-state index is 0.00107. The van der Waals surface area contributed by atoms with Gasteiger partial charge in [0.1, 0.15) is 18.4 Å². The molecule has 0 bridgehead atoms. The molecule has 0 N–H and O–H groups in total. The summed E-state index contributed by atoms with van der Waals surface area (Å²) in [5.74, 6) is -0.347. The van der Waals surface area contributed by atoms with Crippen molar-refractivity contribution in [2.45, 2.75) is 18.3 Å². The second-order valence-electron chi connectivity index (χ2n) is 4.83. The van der Waals surface area contributed by atoms with Crippen LogP contribution in [0.1, 0.15) is 23.1 Å². The molecule has 5 nitrogen and oxygen atoms in total. The Bertz CT molecular complexity index is 860. The zero-order valence-electron chi connectivity index (χ0n) is 12.4. The van der Waals surface area contributed by atoms with Gasteiger partial charge in [-0.05, 0) is 30.5 Å². The summed E-state index contributed by atoms with van der Waals surface area (Å²) in [4.78, 5) is 0. The van der Waals surface area contributed by atoms with E-state index in [9.17, 15) is 26.9 Å². The minimum atomic E-state index is -5.84. The van der Waals surface area contributed by atoms with Gasteiger partial charge in [0, 0.05) is 5.56 Å². The van der Waals surface area contributed by atoms with Crippen LogP contribution in [0.3, 0.4) is 0 Å². The van der Waals surface area contributed by atoms with Gasteiger partial charge in [-0.1, -0.05) is 11.6 Å². The van der Waals surface area contributed by atoms with E-state index in [4.69, 9.17) is 27.9 Å². The van der Waals surface area contributed by atoms with E-state index < -0.39 is 21.4 Å². The van der Waals surface area contributed by atoms with E-state index in [1.165, 1.54) is 12.1 Å². The van der Waals surface area contributed by atoms with Crippen molar-refractivity contribution in [3.05, 3.63) is 33.9 Å². The predicted octanol–water partition coefficient (Wildman–Crippen LogP) is 3.98. The van der Waals surface area contributed by atoms with Crippen molar-refractivity contribution < 1.29 is 30.5 Å². The lowest BCUT2D eigenvalue weighted by molar-refractivity contribution is -0.0509. The monoisotopic (exact) mass is 415 g/mol. The summed E-state index contributed by atoms with van der Waals surface area (Å²) in [5, 5.41) is 9.22. The third-order valence-corrected chi connectivity index (χ3v) is 4.76. The van der Waals surface area contributed by atoms with Gasteiger partial charge >= 0.3 is 15.6 Å². The van der Waals surface area contributed by atoms with Gasteiger partial charge in [0.2, 0.25) is 0 Å². The van der Waals surface area contributed by atoms with Gasteiger partial charge in [-0.15, -0.1) is 11.6 Å². The molecule has 1 aromatic rings. The number of nitrogens with zero attached hydrogens (tertiary/aromatic N) is 1. The normalized spacial score (nSPS) is 14.3. The van der Waals surface area contributed by atoms with Crippen LogP contribution in [0.4, 0.5) is 13.2 Å². The van der Waals surface area contributed by atoms with Crippen LogP contribution in [0.5, 0.6) is 5.75 Å². The first-order chi connectivity index (χ1) is 11.6. The van der Waals surface area contributed by atoms with Gasteiger partial charge in [0.15, 0.2) is 5.75 Å². The van der Waals surface area contributed by atoms with E-state index in [2.05, 4.69) is 4.18 Å². The summed E-state index contributed by atoms with van der Waals surface area (Å²) in [6, 6.07) is 2.98. The number of ether oxygens (including phenoxy) is 1. The lowest BCUT2D eigenvalue weighted by atomic mass is 9.93. The van der Waals surface area contributed by atoms with Crippen molar-refractivity contribution in [2.75, 3.05) is 12.5 Å². The Balaban J connectivity index is 2.52. The van der Waals surface area contributed by atoms with Crippen LogP contribution in [-0.2, 0) is 20.7 Å². The molecule has 0 aromatic heterocycles. The van der Waals surface area contributed by atoms with Gasteiger partial charge in [-0.2, -0.15) is 26.9 Å². The SMILES string of the molecule is N#Cc1cc2c(c(Cl)c1OCCCl)CCC=C2OS(=O)(=O)C(F)(F)F. The summed E-state index contributed by atoms with van der Waals surface area (Å²) in [6.45, 7) is 0.0659. The topological polar surface area (TPSA) is 76.4 Å². The number of alkyl halides is 4. The van der Waals surface area contributed by atoms with Gasteiger partial charge in [0.25, 0.3) is 0 Å². The highest BCUT2D eigenvalue weighted by Gasteiger charge is 2.49. The molecule has 0 fully saturated rings. The molecule has 0 radical (unpaired) electrons. The maximum Gasteiger partial charge on any atom is 0.534 e. The number of halogens is 5. The molecule has 25 heavy (non-hydrogen) atoms. The molecule has 0 unspecified atom stereocenters. The second kappa shape index (κ2) is 7.32. The van der Waals surface area contributed by atoms with Crippen LogP contribution in [-0.4, -0.2) is 26.4 Å². The van der Waals surface area contributed by atoms with Crippen LogP contribution in [0.2, 0.25) is 5.02 Å². The molecule has 1 aliphatic carbocycles. The van der Waals surface area contributed by atoms with E-state index >= 15 is 0 Å². The van der Waals surface area contributed by atoms with Gasteiger partial charge in [-0.25, -0.2) is 0 Å². The van der Waals surface area contributed by atoms with Crippen molar-refractivity contribution in [2.24, 2.45) is 0 Å². The number of allylic oxidation sites excluding steroid dienone is 1. The van der Waals surface area contributed by atoms with Gasteiger partial charge in [-0.3, -0.25) is 0 Å². The molecule has 0 saturated carbocycles. The number of hydrogen-bond acceptors (Lipinski definition) is 5. The number of rotatable bonds is 5. The smallest absolute Gasteiger partial charge is 0.489 e. The first-order valence-electron chi connectivity index (χ1n) is 6.78. The highest BCUT2D eigenvalue weighted by Crippen LogP contribution is 2.41. The van der Waals surface area contributed by atoms with Crippen molar-refractivity contribution in [1.82, 2.24) is 0 Å². The molecule has 0 saturated heterocycles. The largest absolute Gasteiger partial charge is 0.534 e. The van der Waals surface area contributed by atoms with Crippen LogP contribution in [0, 0.1) is 11.3 Å². The molecule has 0 atom stereocenters. The van der Waals surface area contributed by atoms with Gasteiger partial charge < -0.3 is 8.92 Å². The Kier molecular flexibility index (Phi) is 5.76. The lowest BCUT2D eigenvalue weighted by Gasteiger charge is -2.22. The maximum atomic E-state index is 12.5. The Hall–Kier alpha value is -1.63. The third-order valence-electron chi connectivity index (χ3n) is 3.24. The van der Waals surface area contributed by atoms with E-state index in [0.29, 0.717) is 12.0 Å². The maximum absolute atomic E-state index is 12.5. The average molecular weight is 416 g/mol. The van der Waals surface area contributed by atoms with Gasteiger partial charge in [0.05, 0.1) is 16.5 Å². The molecular formula is C14H10Cl2F3NO4S. The number of fused-ring (bicyclic) bond motifs is 1. The molecular weight excluding hydrogens is 406 g/mol. The first-order valence-corrected chi connectivity index (χ1v) is 9.10. The van der Waals surface area contributed by atoms with Crippen molar-refractivity contribution in [1.29, 1.82) is 5.26 Å². The Morgan fingerprint density at radius 2 is 2.04 bits per heavy atom. The minimum Gasteiger partial charge on any atom is -0.489 e. The molecule has 0 aliphatic heterocycles. The highest BCUT2D eigenvalue weighted by atomic mass is 35.5. The van der Waals surface area contributed by atoms with Crippen molar-refractivity contribution in [3.63, 3.8) is 0 Å². The second-order valence-corrected chi connectivity index (χ2v) is 7.13. The molecule has 1 aromatic carbocycles. The van der Waals surface area contributed by atoms with Crippen LogP contribution < -0.4 is 4.74 Å². The quantitative estimate of drug-likeness (QED) is 0.412. The van der Waals surface area contributed by atoms with Crippen molar-refractivity contribution >= 4 is 39.1 Å². The van der Waals surface area contributed by atoms with Crippen molar-refractivity contribution in [3.8, 4) is 11.8 Å². The fourth-order valence-electron chi connectivity index (χ4n) is 2.20. The summed E-state index contributed by atoms with van der Waals surface area (Å²) in [5.41, 5.74) is -5.31. The first kappa shape index (κ1) is 19.7. The van der Waals surface area contributed by atoms with E-state index in [-0.39, 0.29) is 40.8 Å². The number of hydrogen-bond donors (Lipinski definition) is 0. The molecule has 0 heterocycles. The molecule has 11 heteroatoms. The summed E-state index contributed by atoms with van der Waals surface area (Å²) in [7, 11) is -5.84. The predicted molar refractivity (Wildman–Crippen MR) is 84.7 cm³/mol. The van der Waals surface area contributed by atoms with Crippen LogP contribution >= 0.6 is 23.2 Å². The molecule has 0 spiro atoms. The summed E-state index contributed by atoms with van der Waals surface area (Å²) in [6.07, 6.45) is 1.72. The Morgan fingerprint density at radius 3 is 2.60 bits per heavy atom.